The molecule has 0 fully saturated rings. The van der Waals surface area contributed by atoms with Gasteiger partial charge in [0.05, 0.1) is 17.2 Å². The smallest absolute Gasteiger partial charge is 0.271 e. The quantitative estimate of drug-likeness (QED) is 0.502. The monoisotopic (exact) mass is 302 g/mol. The van der Waals surface area contributed by atoms with Gasteiger partial charge in [0.1, 0.15) is 11.5 Å². The highest BCUT2D eigenvalue weighted by Crippen LogP contribution is 2.28. The topological polar surface area (TPSA) is 102 Å². The summed E-state index contributed by atoms with van der Waals surface area (Å²) in [4.78, 5) is 22.2. The number of anilines is 1. The molecule has 7 nitrogen and oxygen atoms in total. The molecule has 0 heterocycles. The molecule has 0 aliphatic carbocycles. The molecular weight excluding hydrogens is 288 g/mol. The predicted octanol–water partition coefficient (Wildman–Crippen LogP) is 2.95. The molecule has 0 saturated carbocycles. The molecule has 2 rings (SSSR count). The van der Waals surface area contributed by atoms with Gasteiger partial charge in [-0.05, 0) is 37.3 Å². The van der Waals surface area contributed by atoms with E-state index >= 15 is 0 Å². The van der Waals surface area contributed by atoms with E-state index in [1.165, 1.54) is 0 Å². The molecule has 2 N–H and O–H groups in total. The minimum atomic E-state index is -0.605. The molecule has 0 atom stereocenters. The number of hydrogen-bond acceptors (Lipinski definition) is 5. The SMILES string of the molecule is CCOc1ccc(C(=O)Nc2cc([N+](=O)[O-])ccc2O)cc1. The number of nitrogens with one attached hydrogen (secondary N) is 1. The average Bonchev–Trinajstić information content (AvgIpc) is 2.50. The first-order valence-corrected chi connectivity index (χ1v) is 6.53. The first-order valence-electron chi connectivity index (χ1n) is 6.53. The van der Waals surface area contributed by atoms with Crippen molar-refractivity contribution in [2.45, 2.75) is 6.92 Å². The lowest BCUT2D eigenvalue weighted by Crippen LogP contribution is -2.12. The van der Waals surface area contributed by atoms with Crippen LogP contribution in [0.3, 0.4) is 0 Å². The molecule has 0 bridgehead atoms. The van der Waals surface area contributed by atoms with Gasteiger partial charge in [0.15, 0.2) is 0 Å². The van der Waals surface area contributed by atoms with Crippen LogP contribution in [0.5, 0.6) is 11.5 Å². The van der Waals surface area contributed by atoms with Crippen molar-refractivity contribution in [2.75, 3.05) is 11.9 Å². The number of nitro benzene ring substituents is 1. The van der Waals surface area contributed by atoms with Crippen molar-refractivity contribution in [3.8, 4) is 11.5 Å². The molecule has 0 aromatic heterocycles. The van der Waals surface area contributed by atoms with Crippen LogP contribution in [0.15, 0.2) is 42.5 Å². The van der Waals surface area contributed by atoms with E-state index in [1.54, 1.807) is 24.3 Å². The lowest BCUT2D eigenvalue weighted by molar-refractivity contribution is -0.384. The Balaban J connectivity index is 2.17. The number of phenols is 1. The number of phenolic OH excluding ortho intramolecular Hbond substituents is 1. The van der Waals surface area contributed by atoms with E-state index in [0.29, 0.717) is 17.9 Å². The summed E-state index contributed by atoms with van der Waals surface area (Å²) in [5.41, 5.74) is 0.0993. The van der Waals surface area contributed by atoms with Crippen LogP contribution in [0, 0.1) is 10.1 Å². The van der Waals surface area contributed by atoms with Crippen LogP contribution < -0.4 is 10.1 Å². The minimum Gasteiger partial charge on any atom is -0.506 e. The number of nitrogens with zero attached hydrogens (tertiary/aromatic N) is 1. The summed E-state index contributed by atoms with van der Waals surface area (Å²) in [6.45, 7) is 2.37. The fourth-order valence-electron chi connectivity index (χ4n) is 1.80. The fourth-order valence-corrected chi connectivity index (χ4v) is 1.80. The summed E-state index contributed by atoms with van der Waals surface area (Å²) >= 11 is 0. The zero-order chi connectivity index (χ0) is 16.1. The lowest BCUT2D eigenvalue weighted by atomic mass is 10.2. The van der Waals surface area contributed by atoms with E-state index in [9.17, 15) is 20.0 Å². The number of carbonyl (C=O) groups is 1. The predicted molar refractivity (Wildman–Crippen MR) is 80.3 cm³/mol. The minimum absolute atomic E-state index is 0.0203. The summed E-state index contributed by atoms with van der Waals surface area (Å²) in [5, 5.41) is 22.8. The summed E-state index contributed by atoms with van der Waals surface area (Å²) in [7, 11) is 0. The maximum atomic E-state index is 12.1. The summed E-state index contributed by atoms with van der Waals surface area (Å²) in [5.74, 6) is -0.0963. The van der Waals surface area contributed by atoms with E-state index in [4.69, 9.17) is 4.74 Å². The van der Waals surface area contributed by atoms with Crippen molar-refractivity contribution in [3.05, 3.63) is 58.1 Å². The average molecular weight is 302 g/mol. The Hall–Kier alpha value is -3.09. The zero-order valence-electron chi connectivity index (χ0n) is 11.8. The number of amides is 1. The van der Waals surface area contributed by atoms with Crippen LogP contribution in [0.2, 0.25) is 0 Å². The number of carbonyl (C=O) groups excluding carboxylic acids is 1. The molecule has 114 valence electrons. The van der Waals surface area contributed by atoms with E-state index < -0.39 is 10.8 Å². The van der Waals surface area contributed by atoms with E-state index in [-0.39, 0.29) is 17.1 Å². The highest BCUT2D eigenvalue weighted by atomic mass is 16.6. The Morgan fingerprint density at radius 1 is 1.27 bits per heavy atom. The van der Waals surface area contributed by atoms with Crippen molar-refractivity contribution < 1.29 is 19.6 Å². The van der Waals surface area contributed by atoms with E-state index in [2.05, 4.69) is 5.32 Å². The van der Waals surface area contributed by atoms with Gasteiger partial charge in [0, 0.05) is 17.7 Å². The maximum Gasteiger partial charge on any atom is 0.271 e. The van der Waals surface area contributed by atoms with Crippen molar-refractivity contribution in [3.63, 3.8) is 0 Å². The van der Waals surface area contributed by atoms with Gasteiger partial charge in [0.25, 0.3) is 11.6 Å². The molecule has 1 amide bonds. The summed E-state index contributed by atoms with van der Waals surface area (Å²) in [6.07, 6.45) is 0. The molecular formula is C15H14N2O5. The van der Waals surface area contributed by atoms with Crippen LogP contribution in [0.4, 0.5) is 11.4 Å². The molecule has 2 aromatic rings. The molecule has 0 radical (unpaired) electrons. The van der Waals surface area contributed by atoms with Gasteiger partial charge in [-0.3, -0.25) is 14.9 Å². The molecule has 0 aliphatic heterocycles. The number of aromatic hydroxyl groups is 1. The van der Waals surface area contributed by atoms with Gasteiger partial charge >= 0.3 is 0 Å². The van der Waals surface area contributed by atoms with Crippen molar-refractivity contribution in [1.82, 2.24) is 0 Å². The van der Waals surface area contributed by atoms with Crippen LogP contribution in [0.25, 0.3) is 0 Å². The number of hydrogen-bond donors (Lipinski definition) is 2. The molecule has 7 heteroatoms. The van der Waals surface area contributed by atoms with Gasteiger partial charge in [-0.1, -0.05) is 0 Å². The normalized spacial score (nSPS) is 10.0. The Bertz CT molecular complexity index is 698. The molecule has 0 saturated heterocycles. The third-order valence-electron chi connectivity index (χ3n) is 2.87. The number of benzene rings is 2. The molecule has 0 spiro atoms. The number of non-ortho nitro benzene ring substituents is 1. The fraction of sp³-hybridized carbons (Fsp3) is 0.133. The van der Waals surface area contributed by atoms with Crippen molar-refractivity contribution in [1.29, 1.82) is 0 Å². The highest BCUT2D eigenvalue weighted by Gasteiger charge is 2.13. The maximum absolute atomic E-state index is 12.1. The van der Waals surface area contributed by atoms with E-state index in [0.717, 1.165) is 18.2 Å². The van der Waals surface area contributed by atoms with E-state index in [1.807, 2.05) is 6.92 Å². The Kier molecular flexibility index (Phi) is 4.57. The Morgan fingerprint density at radius 3 is 2.55 bits per heavy atom. The van der Waals surface area contributed by atoms with Gasteiger partial charge < -0.3 is 15.2 Å². The lowest BCUT2D eigenvalue weighted by Gasteiger charge is -2.08. The Labute approximate surface area is 126 Å². The number of nitro groups is 1. The first-order chi connectivity index (χ1) is 10.5. The highest BCUT2D eigenvalue weighted by molar-refractivity contribution is 6.05. The van der Waals surface area contributed by atoms with Gasteiger partial charge in [-0.15, -0.1) is 0 Å². The molecule has 0 aliphatic rings. The van der Waals surface area contributed by atoms with Crippen LogP contribution in [-0.4, -0.2) is 22.5 Å². The van der Waals surface area contributed by atoms with Gasteiger partial charge in [-0.2, -0.15) is 0 Å². The Morgan fingerprint density at radius 2 is 1.95 bits per heavy atom. The second kappa shape index (κ2) is 6.57. The van der Waals surface area contributed by atoms with Crippen LogP contribution in [-0.2, 0) is 0 Å². The largest absolute Gasteiger partial charge is 0.506 e. The zero-order valence-corrected chi connectivity index (χ0v) is 11.8. The van der Waals surface area contributed by atoms with Crippen molar-refractivity contribution in [2.24, 2.45) is 0 Å². The third kappa shape index (κ3) is 3.51. The second-order valence-electron chi connectivity index (χ2n) is 4.37. The molecule has 22 heavy (non-hydrogen) atoms. The van der Waals surface area contributed by atoms with Gasteiger partial charge in [-0.25, -0.2) is 0 Å². The first kappa shape index (κ1) is 15.3. The number of rotatable bonds is 5. The summed E-state index contributed by atoms with van der Waals surface area (Å²) in [6, 6.07) is 9.83. The summed E-state index contributed by atoms with van der Waals surface area (Å²) < 4.78 is 5.27. The molecule has 0 unspecified atom stereocenters. The second-order valence-corrected chi connectivity index (χ2v) is 4.37. The van der Waals surface area contributed by atoms with Crippen LogP contribution >= 0.6 is 0 Å². The standard InChI is InChI=1S/C15H14N2O5/c1-2-22-12-6-3-10(4-7-12)15(19)16-13-9-11(17(20)21)5-8-14(13)18/h3-9,18H,2H2,1H3,(H,16,19). The van der Waals surface area contributed by atoms with Crippen molar-refractivity contribution >= 4 is 17.3 Å². The third-order valence-corrected chi connectivity index (χ3v) is 2.87. The van der Waals surface area contributed by atoms with Gasteiger partial charge in [0.2, 0.25) is 0 Å². The molecule has 2 aromatic carbocycles. The van der Waals surface area contributed by atoms with Crippen LogP contribution in [0.1, 0.15) is 17.3 Å². The number of ether oxygens (including phenoxy) is 1.